The smallest absolute Gasteiger partial charge is 0.408 e. The van der Waals surface area contributed by atoms with Crippen molar-refractivity contribution in [3.8, 4) is 5.88 Å². The molecule has 0 aliphatic heterocycles. The molecule has 10 heteroatoms. The molecule has 2 atom stereocenters. The molecule has 0 aromatic carbocycles. The lowest BCUT2D eigenvalue weighted by Crippen LogP contribution is -2.50. The van der Waals surface area contributed by atoms with Crippen LogP contribution in [0.15, 0.2) is 24.7 Å². The second-order valence-corrected chi connectivity index (χ2v) is 10.3. The summed E-state index contributed by atoms with van der Waals surface area (Å²) in [6.45, 7) is 9.37. The summed E-state index contributed by atoms with van der Waals surface area (Å²) in [5, 5.41) is 9.99. The van der Waals surface area contributed by atoms with E-state index >= 15 is 0 Å². The second-order valence-electron chi connectivity index (χ2n) is 10.3. The number of halogens is 1. The van der Waals surface area contributed by atoms with Crippen molar-refractivity contribution in [2.75, 3.05) is 12.4 Å². The van der Waals surface area contributed by atoms with Gasteiger partial charge in [-0.3, -0.25) is 9.48 Å². The SMILES string of the molecule is COc1ncc(F)cc1[C@H](C)n1cc(NC(=O)C(NC(=O)OC(C)(C)C)C2CCC(C)CC2)cn1. The molecule has 2 heterocycles. The number of carbonyl (C=O) groups is 2. The molecule has 1 saturated carbocycles. The van der Waals surface area contributed by atoms with Gasteiger partial charge in [-0.1, -0.05) is 19.8 Å². The zero-order valence-electron chi connectivity index (χ0n) is 21.3. The Hall–Kier alpha value is -3.17. The molecule has 0 bridgehead atoms. The molecule has 0 spiro atoms. The third-order valence-corrected chi connectivity index (χ3v) is 6.24. The van der Waals surface area contributed by atoms with Gasteiger partial charge < -0.3 is 20.1 Å². The van der Waals surface area contributed by atoms with Crippen molar-refractivity contribution in [1.29, 1.82) is 0 Å². The monoisotopic (exact) mass is 489 g/mol. The molecule has 1 aliphatic carbocycles. The minimum absolute atomic E-state index is 0.00955. The Morgan fingerprint density at radius 2 is 1.89 bits per heavy atom. The van der Waals surface area contributed by atoms with Crippen LogP contribution in [-0.2, 0) is 9.53 Å². The summed E-state index contributed by atoms with van der Waals surface area (Å²) in [6, 6.07) is 0.223. The van der Waals surface area contributed by atoms with Gasteiger partial charge >= 0.3 is 6.09 Å². The Morgan fingerprint density at radius 1 is 1.20 bits per heavy atom. The van der Waals surface area contributed by atoms with E-state index < -0.39 is 29.6 Å². The zero-order valence-corrected chi connectivity index (χ0v) is 21.3. The average Bonchev–Trinajstić information content (AvgIpc) is 3.24. The standard InChI is InChI=1S/C25H36FN5O4/c1-15-7-9-17(10-8-15)21(30-24(33)35-25(3,4)5)22(32)29-19-13-28-31(14-19)16(2)20-11-18(26)12-27-23(20)34-6/h11-17,21H,7-10H2,1-6H3,(H,29,32)(H,30,33)/t15?,16-,17?,21?/m0/s1. The Kier molecular flexibility index (Phi) is 8.34. The first kappa shape index (κ1) is 26.4. The van der Waals surface area contributed by atoms with Crippen molar-refractivity contribution < 1.29 is 23.5 Å². The van der Waals surface area contributed by atoms with E-state index in [1.165, 1.54) is 19.4 Å². The summed E-state index contributed by atoms with van der Waals surface area (Å²) in [5.41, 5.74) is 0.315. The van der Waals surface area contributed by atoms with Gasteiger partial charge in [0.25, 0.3) is 0 Å². The number of nitrogens with zero attached hydrogens (tertiary/aromatic N) is 3. The fraction of sp³-hybridized carbons (Fsp3) is 0.600. The molecular formula is C25H36FN5O4. The van der Waals surface area contributed by atoms with Crippen molar-refractivity contribution in [2.24, 2.45) is 11.8 Å². The highest BCUT2D eigenvalue weighted by Crippen LogP contribution is 2.31. The zero-order chi connectivity index (χ0) is 25.8. The minimum Gasteiger partial charge on any atom is -0.481 e. The molecule has 1 unspecified atom stereocenters. The minimum atomic E-state index is -0.731. The van der Waals surface area contributed by atoms with E-state index in [0.717, 1.165) is 31.9 Å². The lowest BCUT2D eigenvalue weighted by Gasteiger charge is -2.32. The van der Waals surface area contributed by atoms with Gasteiger partial charge in [0.2, 0.25) is 11.8 Å². The Labute approximate surface area is 205 Å². The predicted molar refractivity (Wildman–Crippen MR) is 130 cm³/mol. The fourth-order valence-electron chi connectivity index (χ4n) is 4.34. The van der Waals surface area contributed by atoms with E-state index in [0.29, 0.717) is 23.0 Å². The normalized spacial score (nSPS) is 20.0. The lowest BCUT2D eigenvalue weighted by molar-refractivity contribution is -0.119. The summed E-state index contributed by atoms with van der Waals surface area (Å²) >= 11 is 0. The van der Waals surface area contributed by atoms with Crippen LogP contribution in [0.4, 0.5) is 14.9 Å². The number of nitrogens with one attached hydrogen (secondary N) is 2. The molecule has 2 amide bonds. The molecule has 2 aromatic heterocycles. The number of pyridine rings is 1. The number of amides is 2. The summed E-state index contributed by atoms with van der Waals surface area (Å²) in [6.07, 6.45) is 7.34. The molecule has 9 nitrogen and oxygen atoms in total. The van der Waals surface area contributed by atoms with Gasteiger partial charge in [-0.2, -0.15) is 5.10 Å². The van der Waals surface area contributed by atoms with E-state index in [9.17, 15) is 14.0 Å². The van der Waals surface area contributed by atoms with E-state index in [2.05, 4.69) is 27.6 Å². The van der Waals surface area contributed by atoms with Crippen LogP contribution in [0.1, 0.15) is 71.9 Å². The van der Waals surface area contributed by atoms with Crippen LogP contribution >= 0.6 is 0 Å². The van der Waals surface area contributed by atoms with Crippen LogP contribution in [0, 0.1) is 17.7 Å². The van der Waals surface area contributed by atoms with E-state index in [1.54, 1.807) is 31.6 Å². The van der Waals surface area contributed by atoms with Gasteiger partial charge in [-0.15, -0.1) is 0 Å². The van der Waals surface area contributed by atoms with Crippen LogP contribution < -0.4 is 15.4 Å². The first-order valence-electron chi connectivity index (χ1n) is 12.0. The van der Waals surface area contributed by atoms with Crippen molar-refractivity contribution in [3.05, 3.63) is 36.0 Å². The second kappa shape index (κ2) is 11.0. The van der Waals surface area contributed by atoms with Crippen molar-refractivity contribution in [2.45, 2.75) is 78.0 Å². The van der Waals surface area contributed by atoms with Crippen LogP contribution in [0.3, 0.4) is 0 Å². The van der Waals surface area contributed by atoms with Crippen LogP contribution in [0.2, 0.25) is 0 Å². The van der Waals surface area contributed by atoms with Crippen LogP contribution in [0.25, 0.3) is 0 Å². The number of aromatic nitrogens is 3. The Morgan fingerprint density at radius 3 is 2.51 bits per heavy atom. The summed E-state index contributed by atoms with van der Waals surface area (Å²) in [5.74, 6) is 0.104. The lowest BCUT2D eigenvalue weighted by atomic mass is 9.79. The maximum Gasteiger partial charge on any atom is 0.408 e. The summed E-state index contributed by atoms with van der Waals surface area (Å²) in [7, 11) is 1.47. The molecule has 1 aliphatic rings. The van der Waals surface area contributed by atoms with Gasteiger partial charge in [0.15, 0.2) is 0 Å². The number of alkyl carbamates (subject to hydrolysis) is 1. The van der Waals surface area contributed by atoms with Gasteiger partial charge in [-0.05, 0) is 58.4 Å². The molecule has 3 rings (SSSR count). The molecule has 0 saturated heterocycles. The van der Waals surface area contributed by atoms with Crippen LogP contribution in [-0.4, -0.2) is 45.5 Å². The maximum atomic E-state index is 13.8. The van der Waals surface area contributed by atoms with Gasteiger partial charge in [-0.25, -0.2) is 14.2 Å². The Bertz CT molecular complexity index is 1030. The highest BCUT2D eigenvalue weighted by Gasteiger charge is 2.34. The molecule has 2 aromatic rings. The number of ether oxygens (including phenoxy) is 2. The largest absolute Gasteiger partial charge is 0.481 e. The van der Waals surface area contributed by atoms with E-state index in [4.69, 9.17) is 9.47 Å². The first-order chi connectivity index (χ1) is 16.5. The average molecular weight is 490 g/mol. The van der Waals surface area contributed by atoms with Gasteiger partial charge in [0, 0.05) is 11.8 Å². The molecule has 0 radical (unpaired) electrons. The number of methoxy groups -OCH3 is 1. The fourth-order valence-corrected chi connectivity index (χ4v) is 4.34. The number of rotatable bonds is 7. The van der Waals surface area contributed by atoms with Crippen molar-refractivity contribution in [3.63, 3.8) is 0 Å². The predicted octanol–water partition coefficient (Wildman–Crippen LogP) is 4.69. The molecule has 1 fully saturated rings. The first-order valence-corrected chi connectivity index (χ1v) is 12.0. The van der Waals surface area contributed by atoms with Crippen molar-refractivity contribution >= 4 is 17.7 Å². The van der Waals surface area contributed by atoms with E-state index in [1.807, 2.05) is 6.92 Å². The highest BCUT2D eigenvalue weighted by molar-refractivity contribution is 5.96. The van der Waals surface area contributed by atoms with Crippen LogP contribution in [0.5, 0.6) is 5.88 Å². The van der Waals surface area contributed by atoms with E-state index in [-0.39, 0.29) is 11.8 Å². The molecular weight excluding hydrogens is 453 g/mol. The summed E-state index contributed by atoms with van der Waals surface area (Å²) < 4.78 is 26.0. The molecule has 192 valence electrons. The number of hydrogen-bond donors (Lipinski definition) is 2. The quantitative estimate of drug-likeness (QED) is 0.584. The third-order valence-electron chi connectivity index (χ3n) is 6.24. The number of hydrogen-bond acceptors (Lipinski definition) is 6. The number of carbonyl (C=O) groups excluding carboxylic acids is 2. The highest BCUT2D eigenvalue weighted by atomic mass is 19.1. The number of anilines is 1. The topological polar surface area (TPSA) is 107 Å². The Balaban J connectivity index is 1.75. The maximum absolute atomic E-state index is 13.8. The van der Waals surface area contributed by atoms with Gasteiger partial charge in [0.1, 0.15) is 17.5 Å². The third kappa shape index (κ3) is 7.16. The molecule has 35 heavy (non-hydrogen) atoms. The summed E-state index contributed by atoms with van der Waals surface area (Å²) in [4.78, 5) is 29.8. The van der Waals surface area contributed by atoms with Gasteiger partial charge in [0.05, 0.1) is 31.2 Å². The van der Waals surface area contributed by atoms with Crippen molar-refractivity contribution in [1.82, 2.24) is 20.1 Å². The molecule has 2 N–H and O–H groups in total.